The smallest absolute Gasteiger partial charge is 0.136 e. The first kappa shape index (κ1) is 15.1. The maximum atomic E-state index is 12.8. The van der Waals surface area contributed by atoms with Gasteiger partial charge in [0.1, 0.15) is 5.78 Å². The van der Waals surface area contributed by atoms with Crippen molar-refractivity contribution in [2.75, 3.05) is 0 Å². The molecule has 0 aliphatic heterocycles. The van der Waals surface area contributed by atoms with E-state index >= 15 is 0 Å². The van der Waals surface area contributed by atoms with E-state index in [4.69, 9.17) is 0 Å². The van der Waals surface area contributed by atoms with Crippen molar-refractivity contribution in [1.29, 1.82) is 0 Å². The largest absolute Gasteiger partial charge is 0.393 e. The molecular formula is C19H30O3. The number of carbonyl (C=O) groups excluding carboxylic acids is 1. The van der Waals surface area contributed by atoms with E-state index in [1.807, 2.05) is 0 Å². The molecule has 0 aromatic heterocycles. The lowest BCUT2D eigenvalue weighted by Crippen LogP contribution is -2.57. The number of hydrogen-bond donors (Lipinski definition) is 2. The van der Waals surface area contributed by atoms with E-state index < -0.39 is 0 Å². The zero-order valence-electron chi connectivity index (χ0n) is 13.9. The second-order valence-corrected chi connectivity index (χ2v) is 9.25. The number of aliphatic hydroxyl groups is 2. The maximum Gasteiger partial charge on any atom is 0.136 e. The van der Waals surface area contributed by atoms with Crippen LogP contribution in [0.5, 0.6) is 0 Å². The molecule has 3 heteroatoms. The van der Waals surface area contributed by atoms with Crippen molar-refractivity contribution >= 4 is 5.78 Å². The second kappa shape index (κ2) is 4.80. The molecule has 0 radical (unpaired) electrons. The third kappa shape index (κ3) is 1.91. The van der Waals surface area contributed by atoms with E-state index in [-0.39, 0.29) is 29.0 Å². The van der Waals surface area contributed by atoms with Gasteiger partial charge in [0.2, 0.25) is 0 Å². The molecule has 2 N–H and O–H groups in total. The lowest BCUT2D eigenvalue weighted by Gasteiger charge is -2.59. The van der Waals surface area contributed by atoms with Gasteiger partial charge >= 0.3 is 0 Å². The second-order valence-electron chi connectivity index (χ2n) is 9.25. The fourth-order valence-corrected chi connectivity index (χ4v) is 7.05. The number of fused-ring (bicyclic) bond motifs is 5. The Balaban J connectivity index is 1.70. The van der Waals surface area contributed by atoms with Gasteiger partial charge in [0, 0.05) is 12.3 Å². The average molecular weight is 306 g/mol. The molecule has 22 heavy (non-hydrogen) atoms. The standard InChI is InChI=1S/C19H30O3/c1-18-6-4-13-12(17(18)15(21)5-7-18)10-16(22)14-9-11(20)3-8-19(13,14)2/h11-15,17,20-21H,3-10H2,1-2H3. The average Bonchev–Trinajstić information content (AvgIpc) is 2.77. The number of rotatable bonds is 0. The summed E-state index contributed by atoms with van der Waals surface area (Å²) >= 11 is 0. The van der Waals surface area contributed by atoms with Crippen LogP contribution < -0.4 is 0 Å². The highest BCUT2D eigenvalue weighted by molar-refractivity contribution is 5.83. The molecule has 4 aliphatic carbocycles. The molecule has 3 nitrogen and oxygen atoms in total. The van der Waals surface area contributed by atoms with Crippen LogP contribution in [0.2, 0.25) is 0 Å². The summed E-state index contributed by atoms with van der Waals surface area (Å²) in [5.41, 5.74) is 0.307. The normalized spacial score (nSPS) is 57.9. The van der Waals surface area contributed by atoms with Crippen LogP contribution in [0.25, 0.3) is 0 Å². The Labute approximate surface area is 133 Å². The number of Topliss-reactive ketones (excluding diaryl/α,β-unsaturated/α-hetero) is 1. The molecule has 0 spiro atoms. The summed E-state index contributed by atoms with van der Waals surface area (Å²) in [6.07, 6.45) is 7.09. The summed E-state index contributed by atoms with van der Waals surface area (Å²) in [5.74, 6) is 1.68. The third-order valence-electron chi connectivity index (χ3n) is 8.23. The minimum atomic E-state index is -0.287. The van der Waals surface area contributed by atoms with Gasteiger partial charge in [-0.05, 0) is 73.5 Å². The van der Waals surface area contributed by atoms with E-state index in [2.05, 4.69) is 13.8 Å². The zero-order chi connectivity index (χ0) is 15.7. The summed E-state index contributed by atoms with van der Waals surface area (Å²) in [5, 5.41) is 20.6. The molecule has 4 rings (SSSR count). The van der Waals surface area contributed by atoms with Crippen molar-refractivity contribution in [2.45, 2.75) is 77.4 Å². The lowest BCUT2D eigenvalue weighted by atomic mass is 9.45. The topological polar surface area (TPSA) is 57.5 Å². The van der Waals surface area contributed by atoms with Crippen LogP contribution >= 0.6 is 0 Å². The third-order valence-corrected chi connectivity index (χ3v) is 8.23. The van der Waals surface area contributed by atoms with Crippen molar-refractivity contribution in [3.63, 3.8) is 0 Å². The predicted molar refractivity (Wildman–Crippen MR) is 84.1 cm³/mol. The molecule has 4 aliphatic rings. The molecule has 124 valence electrons. The number of carbonyl (C=O) groups is 1. The molecule has 0 aromatic rings. The Hall–Kier alpha value is -0.410. The first-order valence-corrected chi connectivity index (χ1v) is 9.24. The molecule has 8 unspecified atom stereocenters. The molecule has 0 aromatic carbocycles. The fraction of sp³-hybridized carbons (Fsp3) is 0.947. The molecule has 0 amide bonds. The molecule has 0 saturated heterocycles. The van der Waals surface area contributed by atoms with Gasteiger partial charge in [0.25, 0.3) is 0 Å². The summed E-state index contributed by atoms with van der Waals surface area (Å²) in [7, 11) is 0. The first-order chi connectivity index (χ1) is 10.3. The molecule has 0 heterocycles. The minimum absolute atomic E-state index is 0.0559. The van der Waals surface area contributed by atoms with Gasteiger partial charge in [-0.2, -0.15) is 0 Å². The monoisotopic (exact) mass is 306 g/mol. The SMILES string of the molecule is CC12CCC(O)C1C1CC(=O)C3CC(O)CCC3(C)C1CC2. The summed E-state index contributed by atoms with van der Waals surface area (Å²) < 4.78 is 0. The lowest BCUT2D eigenvalue weighted by molar-refractivity contribution is -0.162. The van der Waals surface area contributed by atoms with Gasteiger partial charge in [0.05, 0.1) is 12.2 Å². The molecule has 8 atom stereocenters. The number of hydrogen-bond acceptors (Lipinski definition) is 3. The first-order valence-electron chi connectivity index (χ1n) is 9.24. The number of aliphatic hydroxyl groups excluding tert-OH is 2. The van der Waals surface area contributed by atoms with Crippen molar-refractivity contribution in [3.8, 4) is 0 Å². The van der Waals surface area contributed by atoms with Crippen LogP contribution in [0, 0.1) is 34.5 Å². The van der Waals surface area contributed by atoms with Crippen LogP contribution in [-0.4, -0.2) is 28.2 Å². The van der Waals surface area contributed by atoms with Crippen LogP contribution in [0.1, 0.15) is 65.2 Å². The molecular weight excluding hydrogens is 276 g/mol. The predicted octanol–water partition coefficient (Wildman–Crippen LogP) is 2.93. The molecule has 4 fully saturated rings. The quantitative estimate of drug-likeness (QED) is 0.723. The van der Waals surface area contributed by atoms with Gasteiger partial charge in [-0.25, -0.2) is 0 Å². The highest BCUT2D eigenvalue weighted by atomic mass is 16.3. The number of ketones is 1. The minimum Gasteiger partial charge on any atom is -0.393 e. The summed E-state index contributed by atoms with van der Waals surface area (Å²) in [4.78, 5) is 12.8. The van der Waals surface area contributed by atoms with E-state index in [1.165, 1.54) is 12.8 Å². The fourth-order valence-electron chi connectivity index (χ4n) is 7.05. The van der Waals surface area contributed by atoms with E-state index in [9.17, 15) is 15.0 Å². The maximum absolute atomic E-state index is 12.8. The Morgan fingerprint density at radius 1 is 1.05 bits per heavy atom. The van der Waals surface area contributed by atoms with Gasteiger partial charge in [-0.3, -0.25) is 4.79 Å². The van der Waals surface area contributed by atoms with Gasteiger partial charge in [0.15, 0.2) is 0 Å². The highest BCUT2D eigenvalue weighted by Gasteiger charge is 2.62. The zero-order valence-corrected chi connectivity index (χ0v) is 13.9. The van der Waals surface area contributed by atoms with Crippen molar-refractivity contribution < 1.29 is 15.0 Å². The van der Waals surface area contributed by atoms with Crippen LogP contribution in [0.15, 0.2) is 0 Å². The van der Waals surface area contributed by atoms with Crippen molar-refractivity contribution in [3.05, 3.63) is 0 Å². The van der Waals surface area contributed by atoms with Gasteiger partial charge in [-0.15, -0.1) is 0 Å². The van der Waals surface area contributed by atoms with Gasteiger partial charge in [-0.1, -0.05) is 13.8 Å². The van der Waals surface area contributed by atoms with Gasteiger partial charge < -0.3 is 10.2 Å². The summed E-state index contributed by atoms with van der Waals surface area (Å²) in [6.45, 7) is 4.65. The summed E-state index contributed by atoms with van der Waals surface area (Å²) in [6, 6.07) is 0. The van der Waals surface area contributed by atoms with Crippen molar-refractivity contribution in [1.82, 2.24) is 0 Å². The van der Waals surface area contributed by atoms with E-state index in [0.717, 1.165) is 25.7 Å². The Morgan fingerprint density at radius 2 is 1.77 bits per heavy atom. The Morgan fingerprint density at radius 3 is 2.55 bits per heavy atom. The van der Waals surface area contributed by atoms with Crippen LogP contribution in [0.3, 0.4) is 0 Å². The molecule has 4 saturated carbocycles. The Kier molecular flexibility index (Phi) is 3.30. The Bertz CT molecular complexity index is 489. The van der Waals surface area contributed by atoms with Crippen LogP contribution in [0.4, 0.5) is 0 Å². The van der Waals surface area contributed by atoms with Crippen molar-refractivity contribution in [2.24, 2.45) is 34.5 Å². The van der Waals surface area contributed by atoms with Crippen LogP contribution in [-0.2, 0) is 4.79 Å². The molecule has 0 bridgehead atoms. The van der Waals surface area contributed by atoms with E-state index in [0.29, 0.717) is 36.4 Å². The van der Waals surface area contributed by atoms with E-state index in [1.54, 1.807) is 0 Å². The highest BCUT2D eigenvalue weighted by Crippen LogP contribution is 2.65.